The van der Waals surface area contributed by atoms with Crippen LogP contribution in [0.3, 0.4) is 0 Å². The molecule has 21 heavy (non-hydrogen) atoms. The van der Waals surface area contributed by atoms with Gasteiger partial charge in [-0.05, 0) is 49.2 Å². The number of nitrogens with one attached hydrogen (secondary N) is 1. The van der Waals surface area contributed by atoms with Crippen molar-refractivity contribution in [1.29, 1.82) is 0 Å². The van der Waals surface area contributed by atoms with Gasteiger partial charge in [0.1, 0.15) is 17.4 Å². The van der Waals surface area contributed by atoms with Crippen LogP contribution in [-0.2, 0) is 6.42 Å². The summed E-state index contributed by atoms with van der Waals surface area (Å²) in [5, 5.41) is 3.26. The largest absolute Gasteiger partial charge is 0.496 e. The normalized spacial score (nSPS) is 12.2. The SMILES string of the molecule is COc1ccccc1CCNC(C)c1cc(F)cc(F)c1. The number of para-hydroxylation sites is 1. The Morgan fingerprint density at radius 3 is 2.43 bits per heavy atom. The van der Waals surface area contributed by atoms with E-state index < -0.39 is 11.6 Å². The topological polar surface area (TPSA) is 21.3 Å². The number of methoxy groups -OCH3 is 1. The number of benzene rings is 2. The van der Waals surface area contributed by atoms with Crippen molar-refractivity contribution in [3.63, 3.8) is 0 Å². The fourth-order valence-corrected chi connectivity index (χ4v) is 2.28. The first-order valence-electron chi connectivity index (χ1n) is 6.91. The average Bonchev–Trinajstić information content (AvgIpc) is 2.46. The Morgan fingerprint density at radius 2 is 1.76 bits per heavy atom. The Labute approximate surface area is 123 Å². The van der Waals surface area contributed by atoms with Crippen LogP contribution >= 0.6 is 0 Å². The summed E-state index contributed by atoms with van der Waals surface area (Å²) < 4.78 is 31.7. The molecule has 112 valence electrons. The monoisotopic (exact) mass is 291 g/mol. The molecule has 0 saturated carbocycles. The van der Waals surface area contributed by atoms with Gasteiger partial charge in [0, 0.05) is 12.1 Å². The van der Waals surface area contributed by atoms with Gasteiger partial charge in [0.15, 0.2) is 0 Å². The maximum atomic E-state index is 13.2. The van der Waals surface area contributed by atoms with Gasteiger partial charge in [-0.1, -0.05) is 18.2 Å². The van der Waals surface area contributed by atoms with Crippen LogP contribution in [0.5, 0.6) is 5.75 Å². The van der Waals surface area contributed by atoms with E-state index in [0.29, 0.717) is 12.1 Å². The molecule has 0 amide bonds. The summed E-state index contributed by atoms with van der Waals surface area (Å²) in [4.78, 5) is 0. The molecule has 0 saturated heterocycles. The van der Waals surface area contributed by atoms with Crippen molar-refractivity contribution in [2.75, 3.05) is 13.7 Å². The van der Waals surface area contributed by atoms with E-state index in [0.717, 1.165) is 23.8 Å². The van der Waals surface area contributed by atoms with Crippen molar-refractivity contribution in [3.8, 4) is 5.75 Å². The minimum atomic E-state index is -0.552. The highest BCUT2D eigenvalue weighted by Gasteiger charge is 2.09. The van der Waals surface area contributed by atoms with Gasteiger partial charge in [-0.25, -0.2) is 8.78 Å². The van der Waals surface area contributed by atoms with Crippen molar-refractivity contribution in [2.45, 2.75) is 19.4 Å². The molecule has 0 aliphatic carbocycles. The zero-order valence-corrected chi connectivity index (χ0v) is 12.2. The summed E-state index contributed by atoms with van der Waals surface area (Å²) in [6, 6.07) is 11.3. The highest BCUT2D eigenvalue weighted by Crippen LogP contribution is 2.19. The third kappa shape index (κ3) is 4.26. The van der Waals surface area contributed by atoms with Crippen LogP contribution in [0.1, 0.15) is 24.1 Å². The molecule has 1 unspecified atom stereocenters. The molecule has 2 nitrogen and oxygen atoms in total. The zero-order chi connectivity index (χ0) is 15.2. The summed E-state index contributed by atoms with van der Waals surface area (Å²) in [5.41, 5.74) is 1.71. The smallest absolute Gasteiger partial charge is 0.126 e. The molecule has 0 radical (unpaired) electrons. The van der Waals surface area contributed by atoms with Crippen LogP contribution in [0.4, 0.5) is 8.78 Å². The lowest BCUT2D eigenvalue weighted by Gasteiger charge is -2.15. The second kappa shape index (κ2) is 7.18. The van der Waals surface area contributed by atoms with Crippen LogP contribution in [-0.4, -0.2) is 13.7 Å². The van der Waals surface area contributed by atoms with E-state index in [1.165, 1.54) is 12.1 Å². The minimum Gasteiger partial charge on any atom is -0.496 e. The van der Waals surface area contributed by atoms with Gasteiger partial charge in [0.25, 0.3) is 0 Å². The molecule has 2 aromatic rings. The molecular weight excluding hydrogens is 272 g/mol. The van der Waals surface area contributed by atoms with Crippen LogP contribution in [0.25, 0.3) is 0 Å². The molecule has 0 bridgehead atoms. The highest BCUT2D eigenvalue weighted by atomic mass is 19.1. The lowest BCUT2D eigenvalue weighted by atomic mass is 10.1. The fourth-order valence-electron chi connectivity index (χ4n) is 2.28. The third-order valence-electron chi connectivity index (χ3n) is 3.42. The maximum absolute atomic E-state index is 13.2. The second-order valence-corrected chi connectivity index (χ2v) is 4.94. The Morgan fingerprint density at radius 1 is 1.10 bits per heavy atom. The van der Waals surface area contributed by atoms with E-state index in [4.69, 9.17) is 4.74 Å². The van der Waals surface area contributed by atoms with Gasteiger partial charge >= 0.3 is 0 Å². The van der Waals surface area contributed by atoms with Crippen molar-refractivity contribution >= 4 is 0 Å². The molecule has 1 N–H and O–H groups in total. The van der Waals surface area contributed by atoms with Crippen LogP contribution in [0, 0.1) is 11.6 Å². The highest BCUT2D eigenvalue weighted by molar-refractivity contribution is 5.33. The first kappa shape index (κ1) is 15.4. The molecule has 0 fully saturated rings. The number of rotatable bonds is 6. The maximum Gasteiger partial charge on any atom is 0.126 e. The molecule has 1 atom stereocenters. The molecule has 0 aliphatic rings. The second-order valence-electron chi connectivity index (χ2n) is 4.94. The third-order valence-corrected chi connectivity index (χ3v) is 3.42. The predicted octanol–water partition coefficient (Wildman–Crippen LogP) is 3.87. The summed E-state index contributed by atoms with van der Waals surface area (Å²) in [7, 11) is 1.64. The van der Waals surface area contributed by atoms with E-state index in [1.807, 2.05) is 31.2 Å². The van der Waals surface area contributed by atoms with E-state index in [1.54, 1.807) is 7.11 Å². The quantitative estimate of drug-likeness (QED) is 0.872. The van der Waals surface area contributed by atoms with Crippen molar-refractivity contribution in [1.82, 2.24) is 5.32 Å². The summed E-state index contributed by atoms with van der Waals surface area (Å²) in [6.45, 7) is 2.58. The van der Waals surface area contributed by atoms with E-state index >= 15 is 0 Å². The summed E-state index contributed by atoms with van der Waals surface area (Å²) >= 11 is 0. The number of ether oxygens (including phenoxy) is 1. The van der Waals surface area contributed by atoms with E-state index in [9.17, 15) is 8.78 Å². The number of hydrogen-bond acceptors (Lipinski definition) is 2. The lowest BCUT2D eigenvalue weighted by molar-refractivity contribution is 0.408. The molecule has 0 heterocycles. The minimum absolute atomic E-state index is 0.120. The van der Waals surface area contributed by atoms with Gasteiger partial charge in [-0.15, -0.1) is 0 Å². The molecule has 0 aliphatic heterocycles. The number of halogens is 2. The van der Waals surface area contributed by atoms with E-state index in [2.05, 4.69) is 5.32 Å². The van der Waals surface area contributed by atoms with Crippen LogP contribution in [0.2, 0.25) is 0 Å². The Bertz CT molecular complexity index is 581. The van der Waals surface area contributed by atoms with Crippen molar-refractivity contribution in [3.05, 3.63) is 65.2 Å². The number of hydrogen-bond donors (Lipinski definition) is 1. The van der Waals surface area contributed by atoms with Gasteiger partial charge in [0.05, 0.1) is 7.11 Å². The van der Waals surface area contributed by atoms with E-state index in [-0.39, 0.29) is 6.04 Å². The predicted molar refractivity (Wildman–Crippen MR) is 79.5 cm³/mol. The molecule has 4 heteroatoms. The molecule has 0 spiro atoms. The molecular formula is C17H19F2NO. The van der Waals surface area contributed by atoms with Gasteiger partial charge in [-0.3, -0.25) is 0 Å². The molecule has 2 aromatic carbocycles. The van der Waals surface area contributed by atoms with Crippen molar-refractivity contribution < 1.29 is 13.5 Å². The Balaban J connectivity index is 1.93. The zero-order valence-electron chi connectivity index (χ0n) is 12.2. The Hall–Kier alpha value is -1.94. The average molecular weight is 291 g/mol. The van der Waals surface area contributed by atoms with Gasteiger partial charge in [0.2, 0.25) is 0 Å². The van der Waals surface area contributed by atoms with Crippen molar-refractivity contribution in [2.24, 2.45) is 0 Å². The van der Waals surface area contributed by atoms with Gasteiger partial charge < -0.3 is 10.1 Å². The molecule has 0 aromatic heterocycles. The van der Waals surface area contributed by atoms with Crippen LogP contribution < -0.4 is 10.1 Å². The van der Waals surface area contributed by atoms with Gasteiger partial charge in [-0.2, -0.15) is 0 Å². The van der Waals surface area contributed by atoms with Crippen LogP contribution in [0.15, 0.2) is 42.5 Å². The first-order chi connectivity index (χ1) is 10.1. The standard InChI is InChI=1S/C17H19F2NO/c1-12(14-9-15(18)11-16(19)10-14)20-8-7-13-5-3-4-6-17(13)21-2/h3-6,9-12,20H,7-8H2,1-2H3. The first-order valence-corrected chi connectivity index (χ1v) is 6.91. The fraction of sp³-hybridized carbons (Fsp3) is 0.294. The lowest BCUT2D eigenvalue weighted by Crippen LogP contribution is -2.21. The molecule has 2 rings (SSSR count). The summed E-state index contributed by atoms with van der Waals surface area (Å²) in [5.74, 6) is -0.254. The Kier molecular flexibility index (Phi) is 5.28. The summed E-state index contributed by atoms with van der Waals surface area (Å²) in [6.07, 6.45) is 0.784.